The van der Waals surface area contributed by atoms with E-state index < -0.39 is 0 Å². The predicted molar refractivity (Wildman–Crippen MR) is 99.2 cm³/mol. The van der Waals surface area contributed by atoms with Crippen LogP contribution in [0.2, 0.25) is 0 Å². The molecule has 0 heterocycles. The lowest BCUT2D eigenvalue weighted by atomic mass is 10.0. The Labute approximate surface area is 144 Å². The topological polar surface area (TPSA) is 46.3 Å². The Hall–Kier alpha value is -1.84. The minimum atomic E-state index is -0.270. The summed E-state index contributed by atoms with van der Waals surface area (Å²) in [4.78, 5) is 14.4. The summed E-state index contributed by atoms with van der Waals surface area (Å²) in [6.07, 6.45) is 0.310. The maximum atomic E-state index is 12.6. The molecule has 1 amide bonds. The summed E-state index contributed by atoms with van der Waals surface area (Å²) >= 11 is 0. The van der Waals surface area contributed by atoms with Crippen molar-refractivity contribution in [3.63, 3.8) is 0 Å². The minimum Gasteiger partial charge on any atom is -0.324 e. The molecule has 124 valence electrons. The fraction of sp³-hybridized carbons (Fsp3) is 0.316. The number of nitrogens with two attached hydrogens (primary N) is 1. The molecule has 0 saturated heterocycles. The molecule has 0 saturated carbocycles. The molecule has 4 heteroatoms. The molecule has 0 aromatic heterocycles. The van der Waals surface area contributed by atoms with E-state index in [-0.39, 0.29) is 24.4 Å². The molecule has 2 rings (SSSR count). The van der Waals surface area contributed by atoms with E-state index in [0.717, 1.165) is 22.4 Å². The van der Waals surface area contributed by atoms with E-state index in [1.807, 2.05) is 68.1 Å². The fourth-order valence-corrected chi connectivity index (χ4v) is 2.73. The van der Waals surface area contributed by atoms with Crippen molar-refractivity contribution in [1.29, 1.82) is 0 Å². The first-order chi connectivity index (χ1) is 10.5. The van der Waals surface area contributed by atoms with Crippen molar-refractivity contribution in [1.82, 2.24) is 0 Å². The predicted octanol–water partition coefficient (Wildman–Crippen LogP) is 4.17. The van der Waals surface area contributed by atoms with E-state index in [4.69, 9.17) is 5.73 Å². The Kier molecular flexibility index (Phi) is 7.27. The molecule has 3 nitrogen and oxygen atoms in total. The van der Waals surface area contributed by atoms with Crippen molar-refractivity contribution in [2.75, 3.05) is 11.4 Å². The highest BCUT2D eigenvalue weighted by Crippen LogP contribution is 2.22. The van der Waals surface area contributed by atoms with Crippen molar-refractivity contribution in [3.8, 4) is 0 Å². The number of carbonyl (C=O) groups excluding carboxylic acids is 1. The number of benzene rings is 2. The number of nitrogens with zero attached hydrogens (tertiary/aromatic N) is 1. The van der Waals surface area contributed by atoms with Crippen LogP contribution in [0.3, 0.4) is 0 Å². The fourth-order valence-electron chi connectivity index (χ4n) is 2.73. The molecular weight excluding hydrogens is 308 g/mol. The van der Waals surface area contributed by atoms with Gasteiger partial charge in [-0.2, -0.15) is 0 Å². The Morgan fingerprint density at radius 1 is 1.09 bits per heavy atom. The lowest BCUT2D eigenvalue weighted by Gasteiger charge is -2.24. The van der Waals surface area contributed by atoms with Crippen molar-refractivity contribution in [3.05, 3.63) is 65.2 Å². The van der Waals surface area contributed by atoms with Crippen LogP contribution in [0.1, 0.15) is 36.1 Å². The standard InChI is InChI=1S/C19H24N2O.ClH/c1-4-21(17-11-14(2)10-15(3)12-17)19(22)13-18(20)16-8-6-5-7-9-16;/h5-12,18H,4,13,20H2,1-3H3;1H. The zero-order chi connectivity index (χ0) is 16.1. The lowest BCUT2D eigenvalue weighted by Crippen LogP contribution is -2.33. The van der Waals surface area contributed by atoms with Crippen molar-refractivity contribution < 1.29 is 4.79 Å². The first kappa shape index (κ1) is 19.2. The van der Waals surface area contributed by atoms with Gasteiger partial charge in [0.2, 0.25) is 5.91 Å². The number of amides is 1. The molecule has 0 bridgehead atoms. The third kappa shape index (κ3) is 5.08. The lowest BCUT2D eigenvalue weighted by molar-refractivity contribution is -0.118. The van der Waals surface area contributed by atoms with Crippen LogP contribution >= 0.6 is 12.4 Å². The van der Waals surface area contributed by atoms with Crippen LogP contribution in [0.25, 0.3) is 0 Å². The van der Waals surface area contributed by atoms with Gasteiger partial charge in [-0.25, -0.2) is 0 Å². The molecule has 0 spiro atoms. The van der Waals surface area contributed by atoms with Crippen LogP contribution in [0.5, 0.6) is 0 Å². The molecule has 2 aromatic rings. The number of anilines is 1. The van der Waals surface area contributed by atoms with E-state index >= 15 is 0 Å². The smallest absolute Gasteiger partial charge is 0.228 e. The molecule has 23 heavy (non-hydrogen) atoms. The SMILES string of the molecule is CCN(C(=O)CC(N)c1ccccc1)c1cc(C)cc(C)c1.Cl. The molecule has 0 aliphatic heterocycles. The zero-order valence-corrected chi connectivity index (χ0v) is 14.8. The highest BCUT2D eigenvalue weighted by atomic mass is 35.5. The van der Waals surface area contributed by atoms with Crippen LogP contribution < -0.4 is 10.6 Å². The van der Waals surface area contributed by atoms with Crippen molar-refractivity contribution >= 4 is 24.0 Å². The van der Waals surface area contributed by atoms with E-state index in [0.29, 0.717) is 13.0 Å². The third-order valence-corrected chi connectivity index (χ3v) is 3.76. The maximum absolute atomic E-state index is 12.6. The summed E-state index contributed by atoms with van der Waals surface area (Å²) in [7, 11) is 0. The van der Waals surface area contributed by atoms with Gasteiger partial charge in [-0.05, 0) is 49.6 Å². The van der Waals surface area contributed by atoms with Gasteiger partial charge in [0.1, 0.15) is 0 Å². The van der Waals surface area contributed by atoms with E-state index in [9.17, 15) is 4.79 Å². The number of carbonyl (C=O) groups is 1. The summed E-state index contributed by atoms with van der Waals surface area (Å²) in [6.45, 7) is 6.72. The molecule has 0 aliphatic rings. The number of hydrogen-bond acceptors (Lipinski definition) is 2. The van der Waals surface area contributed by atoms with E-state index in [2.05, 4.69) is 6.07 Å². The van der Waals surface area contributed by atoms with Crippen molar-refractivity contribution in [2.45, 2.75) is 33.2 Å². The first-order valence-electron chi connectivity index (χ1n) is 7.70. The summed E-state index contributed by atoms with van der Waals surface area (Å²) in [5, 5.41) is 0. The van der Waals surface area contributed by atoms with Crippen LogP contribution in [-0.2, 0) is 4.79 Å². The normalized spacial score (nSPS) is 11.5. The molecule has 0 aliphatic carbocycles. The van der Waals surface area contributed by atoms with Crippen LogP contribution in [0.15, 0.2) is 48.5 Å². The van der Waals surface area contributed by atoms with Gasteiger partial charge in [0, 0.05) is 24.7 Å². The van der Waals surface area contributed by atoms with Gasteiger partial charge in [0.15, 0.2) is 0 Å². The van der Waals surface area contributed by atoms with Crippen LogP contribution in [0, 0.1) is 13.8 Å². The second-order valence-electron chi connectivity index (χ2n) is 5.71. The molecule has 0 radical (unpaired) electrons. The van der Waals surface area contributed by atoms with Gasteiger partial charge in [-0.15, -0.1) is 12.4 Å². The number of aryl methyl sites for hydroxylation is 2. The zero-order valence-electron chi connectivity index (χ0n) is 14.0. The maximum Gasteiger partial charge on any atom is 0.228 e. The summed E-state index contributed by atoms with van der Waals surface area (Å²) in [6, 6.07) is 15.7. The van der Waals surface area contributed by atoms with E-state index in [1.165, 1.54) is 0 Å². The molecule has 1 unspecified atom stereocenters. The Morgan fingerprint density at radius 2 is 1.65 bits per heavy atom. The average Bonchev–Trinajstić information content (AvgIpc) is 2.47. The Balaban J connectivity index is 0.00000264. The Bertz CT molecular complexity index is 623. The van der Waals surface area contributed by atoms with Gasteiger partial charge in [0.25, 0.3) is 0 Å². The molecular formula is C19H25ClN2O. The number of hydrogen-bond donors (Lipinski definition) is 1. The minimum absolute atomic E-state index is 0. The van der Waals surface area contributed by atoms with Gasteiger partial charge < -0.3 is 10.6 Å². The Morgan fingerprint density at radius 3 is 2.17 bits per heavy atom. The van der Waals surface area contributed by atoms with Crippen molar-refractivity contribution in [2.24, 2.45) is 5.73 Å². The molecule has 2 N–H and O–H groups in total. The quantitative estimate of drug-likeness (QED) is 0.893. The average molecular weight is 333 g/mol. The summed E-state index contributed by atoms with van der Waals surface area (Å²) in [5.74, 6) is 0.0591. The number of halogens is 1. The number of rotatable bonds is 5. The van der Waals surface area contributed by atoms with Crippen LogP contribution in [0.4, 0.5) is 5.69 Å². The first-order valence-corrected chi connectivity index (χ1v) is 7.70. The summed E-state index contributed by atoms with van der Waals surface area (Å²) in [5.41, 5.74) is 10.4. The molecule has 1 atom stereocenters. The van der Waals surface area contributed by atoms with Gasteiger partial charge in [0.05, 0.1) is 0 Å². The summed E-state index contributed by atoms with van der Waals surface area (Å²) < 4.78 is 0. The highest BCUT2D eigenvalue weighted by Gasteiger charge is 2.18. The third-order valence-electron chi connectivity index (χ3n) is 3.76. The van der Waals surface area contributed by atoms with Gasteiger partial charge in [-0.3, -0.25) is 4.79 Å². The second-order valence-corrected chi connectivity index (χ2v) is 5.71. The highest BCUT2D eigenvalue weighted by molar-refractivity contribution is 5.93. The molecule has 2 aromatic carbocycles. The molecule has 0 fully saturated rings. The van der Waals surface area contributed by atoms with E-state index in [1.54, 1.807) is 0 Å². The van der Waals surface area contributed by atoms with Crippen LogP contribution in [-0.4, -0.2) is 12.5 Å². The monoisotopic (exact) mass is 332 g/mol. The largest absolute Gasteiger partial charge is 0.324 e. The second kappa shape index (κ2) is 8.70. The van der Waals surface area contributed by atoms with Gasteiger partial charge in [-0.1, -0.05) is 36.4 Å². The van der Waals surface area contributed by atoms with Gasteiger partial charge >= 0.3 is 0 Å².